The Morgan fingerprint density at radius 1 is 0.333 bits per heavy atom. The summed E-state index contributed by atoms with van der Waals surface area (Å²) in [5.74, 6) is 0. The largest absolute Gasteiger partial charge is 1.00 e. The normalized spacial score (nSPS) is 14.9. The molecular formula is C36H60Cl3F3S3. The van der Waals surface area contributed by atoms with Gasteiger partial charge in [0, 0.05) is 37.5 Å². The molecule has 0 aliphatic heterocycles. The molecule has 0 bridgehead atoms. The van der Waals surface area contributed by atoms with Gasteiger partial charge in [-0.15, -0.1) is 25.1 Å². The number of halogens is 6. The van der Waals surface area contributed by atoms with Crippen LogP contribution in [0.2, 0.25) is 0 Å². The maximum Gasteiger partial charge on any atom is 0.0968 e. The molecule has 3 rings (SSSR count). The summed E-state index contributed by atoms with van der Waals surface area (Å²) in [5.41, 5.74) is 0. The van der Waals surface area contributed by atoms with E-state index in [-0.39, 0.29) is 28.4 Å². The summed E-state index contributed by atoms with van der Waals surface area (Å²) in [6, 6.07) is 31.3. The Labute approximate surface area is 289 Å². The zero-order chi connectivity index (χ0) is 33.2. The molecule has 0 radical (unpaired) electrons. The first-order valence-electron chi connectivity index (χ1n) is 14.4. The van der Waals surface area contributed by atoms with Gasteiger partial charge in [-0.05, 0) is 98.7 Å². The molecule has 0 spiro atoms. The fraction of sp³-hybridized carbons (Fsp3) is 0.500. The summed E-state index contributed by atoms with van der Waals surface area (Å²) in [4.78, 5) is 3.83. The van der Waals surface area contributed by atoms with E-state index in [0.717, 1.165) is 0 Å². The summed E-state index contributed by atoms with van der Waals surface area (Å²) in [7, 11) is 14.6. The maximum atomic E-state index is 6.90. The minimum Gasteiger partial charge on any atom is -1.00 e. The number of benzene rings is 3. The van der Waals surface area contributed by atoms with Gasteiger partial charge in [0.2, 0.25) is 0 Å². The smallest absolute Gasteiger partial charge is 0.0968 e. The Bertz CT molecular complexity index is 1120. The average molecular weight is 752 g/mol. The van der Waals surface area contributed by atoms with Crippen LogP contribution in [0.25, 0.3) is 0 Å². The Morgan fingerprint density at radius 3 is 0.578 bits per heavy atom. The van der Waals surface area contributed by atoms with Gasteiger partial charge >= 0.3 is 0 Å². The lowest BCUT2D eigenvalue weighted by atomic mass is 10.3. The van der Waals surface area contributed by atoms with Crippen LogP contribution in [-0.4, -0.2) is 51.8 Å². The van der Waals surface area contributed by atoms with E-state index in [0.29, 0.717) is 0 Å². The second-order valence-electron chi connectivity index (χ2n) is 15.6. The minimum atomic E-state index is -2.02. The van der Waals surface area contributed by atoms with Gasteiger partial charge in [-0.3, -0.25) is 0 Å². The predicted molar refractivity (Wildman–Crippen MR) is 209 cm³/mol. The van der Waals surface area contributed by atoms with Crippen LogP contribution in [-0.2, 0) is 25.1 Å². The second-order valence-corrected chi connectivity index (χ2v) is 39.8. The van der Waals surface area contributed by atoms with E-state index in [1.165, 1.54) is 14.7 Å². The van der Waals surface area contributed by atoms with Gasteiger partial charge in [-0.1, -0.05) is 54.6 Å². The van der Waals surface area contributed by atoms with E-state index >= 15 is 0 Å². The highest BCUT2D eigenvalue weighted by atomic mass is 35.7. The van der Waals surface area contributed by atoms with Crippen LogP contribution in [0.5, 0.6) is 0 Å². The van der Waals surface area contributed by atoms with Gasteiger partial charge in [-0.2, -0.15) is 0 Å². The van der Waals surface area contributed by atoms with Gasteiger partial charge in [-0.25, -0.2) is 0 Å². The monoisotopic (exact) mass is 750 g/mol. The van der Waals surface area contributed by atoms with Gasteiger partial charge in [0.15, 0.2) is 0 Å². The SMILES string of the molecule is CC(C)(C)[S+](C)(C)(Cl)c1ccccc1.CC(C)(C)[S+](C)(C)(Cl)c1ccccc1.CC(C)(C)[S+](C)(C)(Cl)c1ccccc1.[F-].[F-].[F-]. The molecule has 0 unspecified atom stereocenters. The molecule has 3 aromatic carbocycles. The van der Waals surface area contributed by atoms with Crippen molar-refractivity contribution in [2.45, 2.75) is 91.2 Å². The number of hydrogen-bond acceptors (Lipinski definition) is 0. The molecule has 0 amide bonds. The van der Waals surface area contributed by atoms with Crippen LogP contribution in [0.4, 0.5) is 0 Å². The van der Waals surface area contributed by atoms with Crippen LogP contribution in [0.15, 0.2) is 106 Å². The third-order valence-electron chi connectivity index (χ3n) is 9.55. The maximum absolute atomic E-state index is 6.90. The van der Waals surface area contributed by atoms with E-state index in [4.69, 9.17) is 32.0 Å². The van der Waals surface area contributed by atoms with Crippen molar-refractivity contribution in [3.05, 3.63) is 91.0 Å². The first-order chi connectivity index (χ1) is 18.4. The molecule has 0 N–H and O–H groups in total. The van der Waals surface area contributed by atoms with Crippen molar-refractivity contribution in [3.8, 4) is 0 Å². The van der Waals surface area contributed by atoms with Crippen molar-refractivity contribution in [2.24, 2.45) is 0 Å². The molecule has 9 heteroatoms. The van der Waals surface area contributed by atoms with Crippen LogP contribution < -0.4 is 14.1 Å². The number of rotatable bonds is 3. The van der Waals surface area contributed by atoms with E-state index in [1.807, 2.05) is 18.2 Å². The predicted octanol–water partition coefficient (Wildman–Crippen LogP) is 2.85. The van der Waals surface area contributed by atoms with Gasteiger partial charge < -0.3 is 14.1 Å². The Morgan fingerprint density at radius 2 is 0.467 bits per heavy atom. The standard InChI is InChI=1S/3C12H20ClS.3FH/c3*1-12(2,3)14(4,5,13)11-9-7-6-8-10-11;;;/h3*6-10H,1-5H3;3*1H/q3*+1;;;/p-3. The van der Waals surface area contributed by atoms with Crippen molar-refractivity contribution in [2.75, 3.05) is 37.5 Å². The first kappa shape index (κ1) is 48.8. The Hall–Kier alpha value is -0.630. The second kappa shape index (κ2) is 15.3. The Kier molecular flexibility index (Phi) is 16.6. The molecule has 0 saturated carbocycles. The Balaban J connectivity index is -0.000000569. The molecule has 3 aromatic rings. The van der Waals surface area contributed by atoms with Gasteiger partial charge in [0.05, 0.1) is 61.0 Å². The highest BCUT2D eigenvalue weighted by Crippen LogP contribution is 2.56. The molecule has 0 aromatic heterocycles. The van der Waals surface area contributed by atoms with Crippen LogP contribution >= 0.6 is 32.0 Å². The van der Waals surface area contributed by atoms with Crippen molar-refractivity contribution < 1.29 is 14.1 Å². The molecule has 0 heterocycles. The summed E-state index contributed by atoms with van der Waals surface area (Å²) < 4.78 is 0.334. The summed E-state index contributed by atoms with van der Waals surface area (Å²) in [6.45, 7) is 20.0. The number of hydrogen-bond donors (Lipinski definition) is 0. The fourth-order valence-electron chi connectivity index (χ4n) is 3.50. The molecule has 0 aliphatic carbocycles. The minimum absolute atomic E-state index is 0. The third-order valence-corrected chi connectivity index (χ3v) is 30.8. The molecule has 0 atom stereocenters. The van der Waals surface area contributed by atoms with Gasteiger partial charge in [0.1, 0.15) is 0 Å². The lowest BCUT2D eigenvalue weighted by Gasteiger charge is -2.51. The molecule has 0 aliphatic rings. The molecule has 0 fully saturated rings. The van der Waals surface area contributed by atoms with Crippen molar-refractivity contribution in [1.82, 2.24) is 0 Å². The van der Waals surface area contributed by atoms with E-state index < -0.39 is 25.1 Å². The fourth-order valence-corrected chi connectivity index (χ4v) is 9.37. The molecule has 0 saturated heterocycles. The highest BCUT2D eigenvalue weighted by molar-refractivity contribution is 8.48. The van der Waals surface area contributed by atoms with Crippen LogP contribution in [0.3, 0.4) is 0 Å². The van der Waals surface area contributed by atoms with Crippen LogP contribution in [0.1, 0.15) is 62.3 Å². The third kappa shape index (κ3) is 10.7. The van der Waals surface area contributed by atoms with Gasteiger partial charge in [0.25, 0.3) is 0 Å². The molecular weight excluding hydrogens is 692 g/mol. The van der Waals surface area contributed by atoms with E-state index in [1.54, 1.807) is 0 Å². The zero-order valence-corrected chi connectivity index (χ0v) is 34.9. The molecule has 45 heavy (non-hydrogen) atoms. The lowest BCUT2D eigenvalue weighted by molar-refractivity contribution is -0.00100. The van der Waals surface area contributed by atoms with Crippen molar-refractivity contribution >= 4 is 57.2 Å². The van der Waals surface area contributed by atoms with Crippen molar-refractivity contribution in [3.63, 3.8) is 0 Å². The van der Waals surface area contributed by atoms with E-state index in [9.17, 15) is 0 Å². The summed E-state index contributed by atoms with van der Waals surface area (Å²) >= 11 is 0. The first-order valence-corrected chi connectivity index (χ1v) is 25.4. The summed E-state index contributed by atoms with van der Waals surface area (Å²) in [6.07, 6.45) is 13.2. The zero-order valence-electron chi connectivity index (χ0n) is 30.2. The highest BCUT2D eigenvalue weighted by Gasteiger charge is 2.52. The summed E-state index contributed by atoms with van der Waals surface area (Å²) in [5, 5.41) is 0. The van der Waals surface area contributed by atoms with E-state index in [2.05, 4.69) is 173 Å². The lowest BCUT2D eigenvalue weighted by Crippen LogP contribution is -3.00. The van der Waals surface area contributed by atoms with Crippen LogP contribution in [0, 0.1) is 0 Å². The molecule has 264 valence electrons. The average Bonchev–Trinajstić information content (AvgIpc) is 2.84. The van der Waals surface area contributed by atoms with Crippen molar-refractivity contribution in [1.29, 1.82) is 0 Å². The topological polar surface area (TPSA) is 0 Å². The molecule has 0 nitrogen and oxygen atoms in total. The quantitative estimate of drug-likeness (QED) is 0.362.